The number of carbonyl (C=O) groups excluding carboxylic acids is 1. The zero-order valence-electron chi connectivity index (χ0n) is 10.5. The Balaban J connectivity index is 0.00000162. The summed E-state index contributed by atoms with van der Waals surface area (Å²) in [5.41, 5.74) is 0. The number of nitrogens with zero attached hydrogens (tertiary/aromatic N) is 1. The molecule has 102 valence electrons. The van der Waals surface area contributed by atoms with E-state index in [-0.39, 0.29) is 24.2 Å². The third-order valence-electron chi connectivity index (χ3n) is 3.07. The molecule has 1 saturated heterocycles. The van der Waals surface area contributed by atoms with Crippen molar-refractivity contribution < 1.29 is 4.79 Å². The van der Waals surface area contributed by atoms with Crippen molar-refractivity contribution in [3.8, 4) is 0 Å². The summed E-state index contributed by atoms with van der Waals surface area (Å²) in [7, 11) is 0. The molecule has 6 heteroatoms. The van der Waals surface area contributed by atoms with Crippen molar-refractivity contribution in [1.82, 2.24) is 10.2 Å². The van der Waals surface area contributed by atoms with Gasteiger partial charge in [-0.2, -0.15) is 0 Å². The molecule has 18 heavy (non-hydrogen) atoms. The zero-order valence-corrected chi connectivity index (χ0v) is 12.9. The van der Waals surface area contributed by atoms with Crippen LogP contribution in [-0.2, 0) is 4.79 Å². The van der Waals surface area contributed by atoms with Crippen LogP contribution in [0, 0.1) is 0 Å². The number of hydrogen-bond acceptors (Lipinski definition) is 3. The lowest BCUT2D eigenvalue weighted by Crippen LogP contribution is -2.52. The monoisotopic (exact) mass is 308 g/mol. The van der Waals surface area contributed by atoms with Crippen LogP contribution in [0.25, 0.3) is 0 Å². The number of hydrogen-bond donors (Lipinski definition) is 1. The molecule has 0 aliphatic carbocycles. The van der Waals surface area contributed by atoms with Crippen LogP contribution in [0.15, 0.2) is 12.1 Å². The Hall–Kier alpha value is -0.290. The van der Waals surface area contributed by atoms with Gasteiger partial charge in [-0.05, 0) is 26.0 Å². The Bertz CT molecular complexity index is 411. The number of carbonyl (C=O) groups is 1. The third kappa shape index (κ3) is 3.60. The molecule has 1 N–H and O–H groups in total. The van der Waals surface area contributed by atoms with Gasteiger partial charge >= 0.3 is 0 Å². The molecule has 1 aliphatic rings. The fraction of sp³-hybridized carbons (Fsp3) is 0.583. The number of rotatable bonds is 2. The average Bonchev–Trinajstić information content (AvgIpc) is 2.74. The van der Waals surface area contributed by atoms with Gasteiger partial charge in [0.1, 0.15) is 0 Å². The van der Waals surface area contributed by atoms with Crippen LogP contribution in [-0.4, -0.2) is 36.5 Å². The van der Waals surface area contributed by atoms with Gasteiger partial charge in [0.25, 0.3) is 0 Å². The second kappa shape index (κ2) is 6.75. The predicted molar refractivity (Wildman–Crippen MR) is 79.0 cm³/mol. The molecule has 1 aromatic rings. The van der Waals surface area contributed by atoms with Crippen LogP contribution in [0.2, 0.25) is 4.34 Å². The van der Waals surface area contributed by atoms with Crippen LogP contribution in [0.5, 0.6) is 0 Å². The largest absolute Gasteiger partial charge is 0.339 e. The minimum atomic E-state index is -0.0854. The van der Waals surface area contributed by atoms with Gasteiger partial charge in [0.2, 0.25) is 5.91 Å². The zero-order chi connectivity index (χ0) is 12.4. The first-order chi connectivity index (χ1) is 8.08. The number of amides is 1. The van der Waals surface area contributed by atoms with Gasteiger partial charge in [0.15, 0.2) is 0 Å². The topological polar surface area (TPSA) is 32.3 Å². The number of nitrogens with one attached hydrogen (secondary N) is 1. The highest BCUT2D eigenvalue weighted by atomic mass is 35.5. The maximum Gasteiger partial charge on any atom is 0.230 e. The minimum Gasteiger partial charge on any atom is -0.339 e. The van der Waals surface area contributed by atoms with E-state index in [0.717, 1.165) is 28.8 Å². The van der Waals surface area contributed by atoms with Crippen LogP contribution in [0.3, 0.4) is 0 Å². The summed E-state index contributed by atoms with van der Waals surface area (Å²) in [4.78, 5) is 15.3. The molecule has 0 aromatic carbocycles. The third-order valence-corrected chi connectivity index (χ3v) is 4.49. The van der Waals surface area contributed by atoms with Crippen LogP contribution in [0.4, 0.5) is 0 Å². The number of piperazine rings is 1. The molecule has 1 amide bonds. The quantitative estimate of drug-likeness (QED) is 0.911. The highest BCUT2D eigenvalue weighted by Gasteiger charge is 2.26. The maximum absolute atomic E-state index is 12.3. The maximum atomic E-state index is 12.3. The molecule has 0 radical (unpaired) electrons. The Kier molecular flexibility index (Phi) is 5.92. The normalized spacial score (nSPS) is 21.3. The van der Waals surface area contributed by atoms with E-state index in [0.29, 0.717) is 6.04 Å². The first kappa shape index (κ1) is 15.8. The van der Waals surface area contributed by atoms with Crippen LogP contribution < -0.4 is 5.32 Å². The van der Waals surface area contributed by atoms with Gasteiger partial charge < -0.3 is 10.2 Å². The molecule has 0 saturated carbocycles. The average molecular weight is 309 g/mol. The predicted octanol–water partition coefficient (Wildman–Crippen LogP) is 2.75. The molecule has 2 heterocycles. The summed E-state index contributed by atoms with van der Waals surface area (Å²) in [6, 6.07) is 4.18. The Morgan fingerprint density at radius 3 is 2.89 bits per heavy atom. The summed E-state index contributed by atoms with van der Waals surface area (Å²) in [5.74, 6) is 0.120. The van der Waals surface area contributed by atoms with Gasteiger partial charge in [-0.15, -0.1) is 23.7 Å². The smallest absolute Gasteiger partial charge is 0.230 e. The lowest BCUT2D eigenvalue weighted by atomic mass is 10.1. The van der Waals surface area contributed by atoms with Gasteiger partial charge in [0.05, 0.1) is 10.3 Å². The molecule has 0 bridgehead atoms. The van der Waals surface area contributed by atoms with Crippen molar-refractivity contribution in [2.45, 2.75) is 25.8 Å². The van der Waals surface area contributed by atoms with Gasteiger partial charge in [0, 0.05) is 30.6 Å². The molecule has 1 fully saturated rings. The van der Waals surface area contributed by atoms with Crippen molar-refractivity contribution in [3.05, 3.63) is 21.3 Å². The summed E-state index contributed by atoms with van der Waals surface area (Å²) >= 11 is 7.39. The highest BCUT2D eigenvalue weighted by Crippen LogP contribution is 2.29. The van der Waals surface area contributed by atoms with Crippen LogP contribution >= 0.6 is 35.3 Å². The Labute approximate surface area is 123 Å². The molecule has 1 aromatic heterocycles. The molecular formula is C12H18Cl2N2OS. The van der Waals surface area contributed by atoms with Crippen LogP contribution in [0.1, 0.15) is 24.6 Å². The number of thiophene rings is 1. The summed E-state index contributed by atoms with van der Waals surface area (Å²) < 4.78 is 0.744. The van der Waals surface area contributed by atoms with E-state index in [1.54, 1.807) is 0 Å². The molecule has 3 nitrogen and oxygen atoms in total. The Morgan fingerprint density at radius 2 is 2.33 bits per heavy atom. The fourth-order valence-corrected chi connectivity index (χ4v) is 3.19. The summed E-state index contributed by atoms with van der Waals surface area (Å²) in [5, 5.41) is 3.34. The van der Waals surface area contributed by atoms with E-state index in [2.05, 4.69) is 12.2 Å². The summed E-state index contributed by atoms with van der Waals surface area (Å²) in [6.45, 7) is 6.53. The van der Waals surface area contributed by atoms with Gasteiger partial charge in [-0.25, -0.2) is 0 Å². The molecular weight excluding hydrogens is 291 g/mol. The van der Waals surface area contributed by atoms with Crippen molar-refractivity contribution in [2.75, 3.05) is 19.6 Å². The fourth-order valence-electron chi connectivity index (χ4n) is 2.09. The molecule has 2 unspecified atom stereocenters. The van der Waals surface area contributed by atoms with E-state index < -0.39 is 0 Å². The van der Waals surface area contributed by atoms with Crippen molar-refractivity contribution in [2.24, 2.45) is 0 Å². The SMILES string of the molecule is CC1CN(C(=O)C(C)c2ccc(Cl)s2)CCN1.Cl. The van der Waals surface area contributed by atoms with Crippen molar-refractivity contribution in [3.63, 3.8) is 0 Å². The summed E-state index contributed by atoms with van der Waals surface area (Å²) in [6.07, 6.45) is 0. The van der Waals surface area contributed by atoms with Gasteiger partial charge in [-0.1, -0.05) is 11.6 Å². The standard InChI is InChI=1S/C12H17ClN2OS.ClH/c1-8-7-15(6-5-14-8)12(16)9(2)10-3-4-11(13)17-10;/h3-4,8-9,14H,5-7H2,1-2H3;1H. The van der Waals surface area contributed by atoms with E-state index in [1.165, 1.54) is 11.3 Å². The Morgan fingerprint density at radius 1 is 1.61 bits per heavy atom. The van der Waals surface area contributed by atoms with E-state index in [1.807, 2.05) is 24.0 Å². The van der Waals surface area contributed by atoms with E-state index in [4.69, 9.17) is 11.6 Å². The second-order valence-electron chi connectivity index (χ2n) is 4.50. The molecule has 1 aliphatic heterocycles. The molecule has 2 rings (SSSR count). The molecule has 0 spiro atoms. The van der Waals surface area contributed by atoms with Crippen molar-refractivity contribution >= 4 is 41.3 Å². The molecule has 2 atom stereocenters. The first-order valence-corrected chi connectivity index (χ1v) is 7.05. The number of halogens is 2. The lowest BCUT2D eigenvalue weighted by Gasteiger charge is -2.33. The highest BCUT2D eigenvalue weighted by molar-refractivity contribution is 7.16. The second-order valence-corrected chi connectivity index (χ2v) is 6.25. The van der Waals surface area contributed by atoms with Gasteiger partial charge in [-0.3, -0.25) is 4.79 Å². The minimum absolute atomic E-state index is 0. The van der Waals surface area contributed by atoms with Crippen molar-refractivity contribution in [1.29, 1.82) is 0 Å². The first-order valence-electron chi connectivity index (χ1n) is 5.85. The lowest BCUT2D eigenvalue weighted by molar-refractivity contribution is -0.133. The van der Waals surface area contributed by atoms with E-state index in [9.17, 15) is 4.79 Å². The van der Waals surface area contributed by atoms with E-state index >= 15 is 0 Å².